The molecule has 0 radical (unpaired) electrons. The summed E-state index contributed by atoms with van der Waals surface area (Å²) in [4.78, 5) is 25.8. The van der Waals surface area contributed by atoms with Crippen LogP contribution in [0.4, 0.5) is 0 Å². The van der Waals surface area contributed by atoms with Gasteiger partial charge in [-0.15, -0.1) is 0 Å². The second kappa shape index (κ2) is 4.29. The van der Waals surface area contributed by atoms with Gasteiger partial charge in [-0.1, -0.05) is 0 Å². The van der Waals surface area contributed by atoms with E-state index in [9.17, 15) is 9.59 Å². The third-order valence-corrected chi connectivity index (χ3v) is 4.25. The third kappa shape index (κ3) is 1.92. The van der Waals surface area contributed by atoms with Crippen LogP contribution in [0, 0.1) is 11.8 Å². The molecule has 0 saturated carbocycles. The lowest BCUT2D eigenvalue weighted by Crippen LogP contribution is -2.51. The SMILES string of the molecule is O=C1NCC2C1CCCN2C(=O)CC1CNC1. The summed E-state index contributed by atoms with van der Waals surface area (Å²) in [6.45, 7) is 3.41. The predicted molar refractivity (Wildman–Crippen MR) is 62.2 cm³/mol. The molecule has 3 aliphatic heterocycles. The van der Waals surface area contributed by atoms with E-state index in [1.807, 2.05) is 4.90 Å². The van der Waals surface area contributed by atoms with Gasteiger partial charge in [0.25, 0.3) is 0 Å². The fourth-order valence-corrected chi connectivity index (χ4v) is 3.12. The van der Waals surface area contributed by atoms with E-state index in [0.29, 0.717) is 18.9 Å². The van der Waals surface area contributed by atoms with Gasteiger partial charge in [0.05, 0.1) is 12.0 Å². The number of carbonyl (C=O) groups is 2. The van der Waals surface area contributed by atoms with Crippen molar-refractivity contribution in [1.29, 1.82) is 0 Å². The highest BCUT2D eigenvalue weighted by atomic mass is 16.2. The zero-order valence-electron chi connectivity index (χ0n) is 9.95. The lowest BCUT2D eigenvalue weighted by molar-refractivity contribution is -0.138. The average molecular weight is 237 g/mol. The molecule has 5 heteroatoms. The van der Waals surface area contributed by atoms with Crippen LogP contribution in [-0.2, 0) is 9.59 Å². The number of carbonyl (C=O) groups excluding carboxylic acids is 2. The molecule has 2 amide bonds. The van der Waals surface area contributed by atoms with Gasteiger partial charge in [-0.25, -0.2) is 0 Å². The predicted octanol–water partition coefficient (Wildman–Crippen LogP) is -0.667. The number of piperidine rings is 1. The molecule has 2 N–H and O–H groups in total. The highest BCUT2D eigenvalue weighted by Crippen LogP contribution is 2.28. The molecule has 17 heavy (non-hydrogen) atoms. The van der Waals surface area contributed by atoms with E-state index < -0.39 is 0 Å². The van der Waals surface area contributed by atoms with Crippen molar-refractivity contribution in [3.05, 3.63) is 0 Å². The van der Waals surface area contributed by atoms with Crippen LogP contribution >= 0.6 is 0 Å². The van der Waals surface area contributed by atoms with E-state index >= 15 is 0 Å². The maximum Gasteiger partial charge on any atom is 0.225 e. The molecule has 0 bridgehead atoms. The van der Waals surface area contributed by atoms with Gasteiger partial charge in [0.1, 0.15) is 0 Å². The maximum absolute atomic E-state index is 12.2. The van der Waals surface area contributed by atoms with Crippen molar-refractivity contribution in [3.8, 4) is 0 Å². The lowest BCUT2D eigenvalue weighted by atomic mass is 9.90. The van der Waals surface area contributed by atoms with Crippen LogP contribution in [0.2, 0.25) is 0 Å². The van der Waals surface area contributed by atoms with Crippen molar-refractivity contribution < 1.29 is 9.59 Å². The molecule has 0 spiro atoms. The molecule has 0 aromatic carbocycles. The smallest absolute Gasteiger partial charge is 0.225 e. The Hall–Kier alpha value is -1.10. The van der Waals surface area contributed by atoms with Crippen molar-refractivity contribution in [2.45, 2.75) is 25.3 Å². The van der Waals surface area contributed by atoms with Crippen molar-refractivity contribution in [2.24, 2.45) is 11.8 Å². The number of hydrogen-bond donors (Lipinski definition) is 2. The Kier molecular flexibility index (Phi) is 2.78. The first-order chi connectivity index (χ1) is 8.25. The molecule has 3 aliphatic rings. The van der Waals surface area contributed by atoms with Crippen LogP contribution in [0.1, 0.15) is 19.3 Å². The van der Waals surface area contributed by atoms with Crippen molar-refractivity contribution >= 4 is 11.8 Å². The summed E-state index contributed by atoms with van der Waals surface area (Å²) in [5, 5.41) is 6.07. The molecule has 3 heterocycles. The molecule has 94 valence electrons. The number of amides is 2. The third-order valence-electron chi connectivity index (χ3n) is 4.25. The van der Waals surface area contributed by atoms with Gasteiger partial charge in [-0.05, 0) is 31.8 Å². The summed E-state index contributed by atoms with van der Waals surface area (Å²) >= 11 is 0. The molecule has 0 aromatic heterocycles. The second-order valence-electron chi connectivity index (χ2n) is 5.38. The van der Waals surface area contributed by atoms with Crippen molar-refractivity contribution in [3.63, 3.8) is 0 Å². The Bertz CT molecular complexity index is 341. The molecule has 5 nitrogen and oxygen atoms in total. The minimum absolute atomic E-state index is 0.0483. The topological polar surface area (TPSA) is 61.4 Å². The summed E-state index contributed by atoms with van der Waals surface area (Å²) in [7, 11) is 0. The number of hydrogen-bond acceptors (Lipinski definition) is 3. The van der Waals surface area contributed by atoms with E-state index in [1.54, 1.807) is 0 Å². The molecule has 0 aromatic rings. The van der Waals surface area contributed by atoms with Gasteiger partial charge < -0.3 is 15.5 Å². The number of nitrogens with zero attached hydrogens (tertiary/aromatic N) is 1. The standard InChI is InChI=1S/C12H19N3O2/c16-11(4-8-5-13-6-8)15-3-1-2-9-10(15)7-14-12(9)17/h8-10,13H,1-7H2,(H,14,17). The van der Waals surface area contributed by atoms with Gasteiger partial charge in [0.15, 0.2) is 0 Å². The van der Waals surface area contributed by atoms with Gasteiger partial charge in [-0.3, -0.25) is 9.59 Å². The van der Waals surface area contributed by atoms with E-state index in [4.69, 9.17) is 0 Å². The minimum Gasteiger partial charge on any atom is -0.354 e. The quantitative estimate of drug-likeness (QED) is 0.670. The Morgan fingerprint density at radius 2 is 2.18 bits per heavy atom. The fourth-order valence-electron chi connectivity index (χ4n) is 3.12. The van der Waals surface area contributed by atoms with Gasteiger partial charge in [0.2, 0.25) is 11.8 Å². The normalized spacial score (nSPS) is 32.9. The first kappa shape index (κ1) is 11.0. The largest absolute Gasteiger partial charge is 0.354 e. The Labute approximate surface area is 101 Å². The van der Waals surface area contributed by atoms with Crippen LogP contribution in [0.3, 0.4) is 0 Å². The highest BCUT2D eigenvalue weighted by molar-refractivity contribution is 5.84. The molecule has 2 atom stereocenters. The maximum atomic E-state index is 12.2. The molecule has 3 fully saturated rings. The lowest BCUT2D eigenvalue weighted by Gasteiger charge is -2.37. The van der Waals surface area contributed by atoms with E-state index in [0.717, 1.165) is 32.5 Å². The van der Waals surface area contributed by atoms with Crippen LogP contribution in [-0.4, -0.2) is 48.9 Å². The summed E-state index contributed by atoms with van der Waals surface area (Å²) in [6, 6.07) is 0.122. The summed E-state index contributed by atoms with van der Waals surface area (Å²) < 4.78 is 0. The first-order valence-electron chi connectivity index (χ1n) is 6.53. The molecule has 3 saturated heterocycles. The number of nitrogens with one attached hydrogen (secondary N) is 2. The monoisotopic (exact) mass is 237 g/mol. The van der Waals surface area contributed by atoms with Crippen molar-refractivity contribution in [2.75, 3.05) is 26.2 Å². The second-order valence-corrected chi connectivity index (χ2v) is 5.38. The molecule has 3 rings (SSSR count). The van der Waals surface area contributed by atoms with Crippen LogP contribution in [0.5, 0.6) is 0 Å². The van der Waals surface area contributed by atoms with E-state index in [-0.39, 0.29) is 23.8 Å². The van der Waals surface area contributed by atoms with Crippen LogP contribution in [0.15, 0.2) is 0 Å². The molecule has 0 aliphatic carbocycles. The van der Waals surface area contributed by atoms with E-state index in [2.05, 4.69) is 10.6 Å². The molecule has 2 unspecified atom stereocenters. The minimum atomic E-state index is 0.0483. The Morgan fingerprint density at radius 3 is 2.88 bits per heavy atom. The van der Waals surface area contributed by atoms with Gasteiger partial charge in [-0.2, -0.15) is 0 Å². The summed E-state index contributed by atoms with van der Waals surface area (Å²) in [5.41, 5.74) is 0. The summed E-state index contributed by atoms with van der Waals surface area (Å²) in [5.74, 6) is 0.931. The zero-order chi connectivity index (χ0) is 11.8. The fraction of sp³-hybridized carbons (Fsp3) is 0.833. The van der Waals surface area contributed by atoms with E-state index in [1.165, 1.54) is 0 Å². The number of likely N-dealkylation sites (tertiary alicyclic amines) is 1. The Morgan fingerprint density at radius 1 is 1.35 bits per heavy atom. The van der Waals surface area contributed by atoms with Crippen LogP contribution < -0.4 is 10.6 Å². The molecular weight excluding hydrogens is 218 g/mol. The zero-order valence-corrected chi connectivity index (χ0v) is 9.95. The summed E-state index contributed by atoms with van der Waals surface area (Å²) in [6.07, 6.45) is 2.54. The Balaban J connectivity index is 1.65. The van der Waals surface area contributed by atoms with Crippen LogP contribution in [0.25, 0.3) is 0 Å². The van der Waals surface area contributed by atoms with Gasteiger partial charge in [0, 0.05) is 19.5 Å². The van der Waals surface area contributed by atoms with Gasteiger partial charge >= 0.3 is 0 Å². The first-order valence-corrected chi connectivity index (χ1v) is 6.53. The average Bonchev–Trinajstić information content (AvgIpc) is 2.66. The highest BCUT2D eigenvalue weighted by Gasteiger charge is 2.42. The molecular formula is C12H19N3O2. The van der Waals surface area contributed by atoms with Crippen molar-refractivity contribution in [1.82, 2.24) is 15.5 Å². The number of fused-ring (bicyclic) bond motifs is 1. The number of rotatable bonds is 2.